The van der Waals surface area contributed by atoms with E-state index in [0.717, 1.165) is 11.3 Å². The Morgan fingerprint density at radius 2 is 1.56 bits per heavy atom. The second-order valence-electron chi connectivity index (χ2n) is 6.95. The summed E-state index contributed by atoms with van der Waals surface area (Å²) in [6, 6.07) is 17.4. The van der Waals surface area contributed by atoms with E-state index in [1.165, 1.54) is 0 Å². The molecule has 0 aliphatic rings. The molecule has 4 N–H and O–H groups in total. The van der Waals surface area contributed by atoms with Gasteiger partial charge in [0, 0.05) is 24.1 Å². The van der Waals surface area contributed by atoms with E-state index >= 15 is 0 Å². The monoisotopic (exact) mass is 341 g/mol. The summed E-state index contributed by atoms with van der Waals surface area (Å²) in [5.74, 6) is 0.610. The normalized spacial score (nSPS) is 11.1. The predicted octanol–water partition coefficient (Wildman–Crippen LogP) is 2.66. The van der Waals surface area contributed by atoms with Gasteiger partial charge in [-0.2, -0.15) is 0 Å². The molecule has 0 heterocycles. The van der Waals surface area contributed by atoms with Gasteiger partial charge in [0.05, 0.1) is 0 Å². The number of nitrogens with one attached hydrogen (secondary N) is 1. The molecular formula is C18H25B2NO4. The van der Waals surface area contributed by atoms with Gasteiger partial charge < -0.3 is 25.0 Å². The smallest absolute Gasteiger partial charge is 0.523 e. The van der Waals surface area contributed by atoms with Crippen LogP contribution < -0.4 is 9.97 Å². The highest BCUT2D eigenvalue weighted by atomic mass is 16.5. The molecule has 0 spiro atoms. The van der Waals surface area contributed by atoms with Crippen molar-refractivity contribution < 1.29 is 19.7 Å². The lowest BCUT2D eigenvalue weighted by Crippen LogP contribution is -2.32. The second kappa shape index (κ2) is 8.94. The maximum atomic E-state index is 10.3. The van der Waals surface area contributed by atoms with Crippen molar-refractivity contribution >= 4 is 19.9 Å². The lowest BCUT2D eigenvalue weighted by Gasteiger charge is -2.25. The zero-order valence-electron chi connectivity index (χ0n) is 14.7. The SMILES string of the molecule is CC(C)(CB(O)O)CB(O)Oc1ccccc1CNc1ccccc1. The van der Waals surface area contributed by atoms with Gasteiger partial charge in [0.2, 0.25) is 0 Å². The molecule has 0 aliphatic carbocycles. The van der Waals surface area contributed by atoms with Crippen LogP contribution in [0.2, 0.25) is 12.6 Å². The molecule has 5 nitrogen and oxygen atoms in total. The maximum absolute atomic E-state index is 10.3. The molecule has 0 atom stereocenters. The van der Waals surface area contributed by atoms with E-state index in [2.05, 4.69) is 5.32 Å². The van der Waals surface area contributed by atoms with Crippen molar-refractivity contribution in [2.45, 2.75) is 33.0 Å². The summed E-state index contributed by atoms with van der Waals surface area (Å²) in [4.78, 5) is 0. The summed E-state index contributed by atoms with van der Waals surface area (Å²) < 4.78 is 5.70. The van der Waals surface area contributed by atoms with Gasteiger partial charge in [0.15, 0.2) is 0 Å². The summed E-state index contributed by atoms with van der Waals surface area (Å²) >= 11 is 0. The average Bonchev–Trinajstić information content (AvgIpc) is 2.53. The first-order chi connectivity index (χ1) is 11.9. The first-order valence-electron chi connectivity index (χ1n) is 8.43. The quantitative estimate of drug-likeness (QED) is 0.527. The van der Waals surface area contributed by atoms with Crippen LogP contribution >= 0.6 is 0 Å². The van der Waals surface area contributed by atoms with Gasteiger partial charge in [0.1, 0.15) is 5.75 Å². The van der Waals surface area contributed by atoms with Gasteiger partial charge in [-0.1, -0.05) is 50.2 Å². The fraction of sp³-hybridized carbons (Fsp3) is 0.333. The minimum absolute atomic E-state index is 0.171. The molecule has 2 rings (SSSR count). The minimum Gasteiger partial charge on any atom is -0.536 e. The standard InChI is InChI=1S/C18H25B2NO4/c1-18(2,13-19(22)23)14-20(24)25-17-11-7-6-8-15(17)12-21-16-9-4-3-5-10-16/h3-11,21-24H,12-14H2,1-2H3. The Hall–Kier alpha value is -1.95. The highest BCUT2D eigenvalue weighted by molar-refractivity contribution is 6.45. The topological polar surface area (TPSA) is 82.0 Å². The van der Waals surface area contributed by atoms with Crippen LogP contribution in [0, 0.1) is 5.41 Å². The number of para-hydroxylation sites is 2. The number of hydrogen-bond acceptors (Lipinski definition) is 5. The largest absolute Gasteiger partial charge is 0.536 e. The molecule has 0 saturated heterocycles. The maximum Gasteiger partial charge on any atom is 0.523 e. The van der Waals surface area contributed by atoms with Gasteiger partial charge in [-0.25, -0.2) is 0 Å². The lowest BCUT2D eigenvalue weighted by atomic mass is 9.61. The molecule has 2 aromatic carbocycles. The zero-order valence-corrected chi connectivity index (χ0v) is 14.7. The van der Waals surface area contributed by atoms with Crippen molar-refractivity contribution in [2.24, 2.45) is 5.41 Å². The average molecular weight is 341 g/mol. The van der Waals surface area contributed by atoms with Crippen LogP contribution in [0.5, 0.6) is 5.75 Å². The van der Waals surface area contributed by atoms with Crippen molar-refractivity contribution in [3.63, 3.8) is 0 Å². The van der Waals surface area contributed by atoms with E-state index in [0.29, 0.717) is 18.6 Å². The summed E-state index contributed by atoms with van der Waals surface area (Å²) in [5.41, 5.74) is 1.49. The van der Waals surface area contributed by atoms with Gasteiger partial charge in [-0.05, 0) is 29.9 Å². The molecule has 132 valence electrons. The van der Waals surface area contributed by atoms with E-state index in [1.807, 2.05) is 68.4 Å². The Balaban J connectivity index is 1.97. The molecule has 2 aromatic rings. The molecule has 0 aliphatic heterocycles. The van der Waals surface area contributed by atoms with E-state index in [9.17, 15) is 5.02 Å². The van der Waals surface area contributed by atoms with Crippen molar-refractivity contribution in [1.29, 1.82) is 0 Å². The van der Waals surface area contributed by atoms with Crippen LogP contribution in [-0.4, -0.2) is 29.3 Å². The molecule has 0 unspecified atom stereocenters. The van der Waals surface area contributed by atoms with Crippen LogP contribution in [0.1, 0.15) is 19.4 Å². The number of hydrogen-bond donors (Lipinski definition) is 4. The number of benzene rings is 2. The molecule has 0 saturated carbocycles. The zero-order chi connectivity index (χ0) is 18.3. The molecule has 7 heteroatoms. The number of anilines is 1. The molecule has 0 fully saturated rings. The molecule has 0 amide bonds. The van der Waals surface area contributed by atoms with E-state index in [4.69, 9.17) is 14.7 Å². The van der Waals surface area contributed by atoms with Crippen LogP contribution in [0.15, 0.2) is 54.6 Å². The first kappa shape index (κ1) is 19.4. The van der Waals surface area contributed by atoms with Crippen LogP contribution in [-0.2, 0) is 6.54 Å². The number of rotatable bonds is 9. The van der Waals surface area contributed by atoms with Gasteiger partial charge in [-0.3, -0.25) is 0 Å². The van der Waals surface area contributed by atoms with Crippen LogP contribution in [0.25, 0.3) is 0 Å². The summed E-state index contributed by atoms with van der Waals surface area (Å²) in [5, 5.41) is 31.9. The Bertz CT molecular complexity index is 653. The van der Waals surface area contributed by atoms with E-state index in [-0.39, 0.29) is 6.32 Å². The Morgan fingerprint density at radius 3 is 2.24 bits per heavy atom. The Morgan fingerprint density at radius 1 is 0.920 bits per heavy atom. The summed E-state index contributed by atoms with van der Waals surface area (Å²) in [6.45, 7) is 4.30. The predicted molar refractivity (Wildman–Crippen MR) is 102 cm³/mol. The van der Waals surface area contributed by atoms with Crippen molar-refractivity contribution in [3.8, 4) is 5.75 Å². The van der Waals surface area contributed by atoms with Crippen molar-refractivity contribution in [2.75, 3.05) is 5.32 Å². The fourth-order valence-electron chi connectivity index (χ4n) is 2.76. The van der Waals surface area contributed by atoms with Crippen LogP contribution in [0.4, 0.5) is 5.69 Å². The summed E-state index contributed by atoms with van der Waals surface area (Å²) in [6.07, 6.45) is 0.468. The Labute approximate surface area is 150 Å². The van der Waals surface area contributed by atoms with Crippen molar-refractivity contribution in [3.05, 3.63) is 60.2 Å². The van der Waals surface area contributed by atoms with Crippen LogP contribution in [0.3, 0.4) is 0 Å². The van der Waals surface area contributed by atoms with E-state index in [1.54, 1.807) is 0 Å². The third-order valence-corrected chi connectivity index (χ3v) is 3.95. The lowest BCUT2D eigenvalue weighted by molar-refractivity contribution is 0.328. The van der Waals surface area contributed by atoms with Gasteiger partial charge in [-0.15, -0.1) is 0 Å². The Kier molecular flexibility index (Phi) is 6.93. The third-order valence-electron chi connectivity index (χ3n) is 3.95. The second-order valence-corrected chi connectivity index (χ2v) is 6.95. The highest BCUT2D eigenvalue weighted by Crippen LogP contribution is 2.30. The van der Waals surface area contributed by atoms with Gasteiger partial charge >= 0.3 is 14.2 Å². The first-order valence-corrected chi connectivity index (χ1v) is 8.43. The highest BCUT2D eigenvalue weighted by Gasteiger charge is 2.32. The molecule has 0 bridgehead atoms. The minimum atomic E-state index is -1.40. The fourth-order valence-corrected chi connectivity index (χ4v) is 2.76. The van der Waals surface area contributed by atoms with Crippen molar-refractivity contribution in [1.82, 2.24) is 0 Å². The molecule has 0 aromatic heterocycles. The molecule has 0 radical (unpaired) electrons. The molecule has 25 heavy (non-hydrogen) atoms. The molecular weight excluding hydrogens is 316 g/mol. The van der Waals surface area contributed by atoms with E-state index < -0.39 is 19.7 Å². The third kappa shape index (κ3) is 6.82. The van der Waals surface area contributed by atoms with Gasteiger partial charge in [0.25, 0.3) is 0 Å². The summed E-state index contributed by atoms with van der Waals surface area (Å²) in [7, 11) is -2.42.